The van der Waals surface area contributed by atoms with E-state index >= 15 is 0 Å². The minimum Gasteiger partial charge on any atom is -0.265 e. The molecule has 0 N–H and O–H groups in total. The number of hydrogen-bond acceptors (Lipinski definition) is 3. The second-order valence-electron chi connectivity index (χ2n) is 3.52. The lowest BCUT2D eigenvalue weighted by Crippen LogP contribution is -2.28. The number of hydrogen-bond donors (Lipinski definition) is 0. The van der Waals surface area contributed by atoms with E-state index in [1.54, 1.807) is 6.92 Å². The van der Waals surface area contributed by atoms with Crippen LogP contribution in [0.25, 0.3) is 0 Å². The first kappa shape index (κ1) is 11.6. The molecule has 1 aromatic carbocycles. The second-order valence-corrected chi connectivity index (χ2v) is 4.33. The maximum Gasteiger partial charge on any atom is 0.305 e. The van der Waals surface area contributed by atoms with Crippen molar-refractivity contribution in [3.05, 3.63) is 35.4 Å². The molecule has 0 bridgehead atoms. The summed E-state index contributed by atoms with van der Waals surface area (Å²) in [5.41, 5.74) is -0.912. The summed E-state index contributed by atoms with van der Waals surface area (Å²) in [6.07, 6.45) is 0.390. The largest absolute Gasteiger partial charge is 0.305 e. The molecule has 6 heteroatoms. The standard InChI is InChI=1S/C10H10F2O3S/c1-2-10(6-14-16(13)15-10)8-4-3-7(11)5-9(8)12/h3-5H,2,6H2,1H3. The highest BCUT2D eigenvalue weighted by molar-refractivity contribution is 7.75. The lowest BCUT2D eigenvalue weighted by Gasteiger charge is -2.23. The molecule has 0 aliphatic carbocycles. The van der Waals surface area contributed by atoms with Crippen LogP contribution in [-0.4, -0.2) is 10.8 Å². The maximum atomic E-state index is 13.6. The van der Waals surface area contributed by atoms with Crippen LogP contribution in [0.3, 0.4) is 0 Å². The monoisotopic (exact) mass is 248 g/mol. The zero-order valence-electron chi connectivity index (χ0n) is 8.54. The number of rotatable bonds is 2. The molecule has 1 aliphatic rings. The Morgan fingerprint density at radius 3 is 2.75 bits per heavy atom. The molecule has 0 saturated carbocycles. The quantitative estimate of drug-likeness (QED) is 0.804. The summed E-state index contributed by atoms with van der Waals surface area (Å²) in [7, 11) is 0. The van der Waals surface area contributed by atoms with Gasteiger partial charge in [0, 0.05) is 11.6 Å². The summed E-state index contributed by atoms with van der Waals surface area (Å²) in [5, 5.41) is 0. The van der Waals surface area contributed by atoms with Gasteiger partial charge in [-0.25, -0.2) is 8.78 Å². The van der Waals surface area contributed by atoms with Crippen LogP contribution in [0.15, 0.2) is 18.2 Å². The van der Waals surface area contributed by atoms with Gasteiger partial charge in [0.25, 0.3) is 0 Å². The van der Waals surface area contributed by atoms with Crippen LogP contribution in [0.5, 0.6) is 0 Å². The second kappa shape index (κ2) is 4.20. The predicted octanol–water partition coefficient (Wildman–Crippen LogP) is 2.20. The number of benzene rings is 1. The molecule has 2 rings (SSSR count). The SMILES string of the molecule is CCC1(c2ccc(F)cc2F)COS(=O)O1. The van der Waals surface area contributed by atoms with E-state index in [-0.39, 0.29) is 12.2 Å². The smallest absolute Gasteiger partial charge is 0.265 e. The highest BCUT2D eigenvalue weighted by Gasteiger charge is 2.43. The molecule has 0 spiro atoms. The fourth-order valence-corrected chi connectivity index (χ4v) is 2.51. The molecule has 1 heterocycles. The van der Waals surface area contributed by atoms with Crippen LogP contribution in [0.4, 0.5) is 8.78 Å². The zero-order chi connectivity index (χ0) is 11.8. The first-order valence-corrected chi connectivity index (χ1v) is 5.77. The molecule has 2 unspecified atom stereocenters. The minimum atomic E-state index is -1.87. The molecule has 0 amide bonds. The van der Waals surface area contributed by atoms with Crippen molar-refractivity contribution in [2.24, 2.45) is 0 Å². The van der Waals surface area contributed by atoms with Gasteiger partial charge in [-0.3, -0.25) is 8.37 Å². The molecule has 2 atom stereocenters. The van der Waals surface area contributed by atoms with E-state index in [2.05, 4.69) is 0 Å². The number of halogens is 2. The van der Waals surface area contributed by atoms with Crippen molar-refractivity contribution >= 4 is 11.4 Å². The van der Waals surface area contributed by atoms with Crippen molar-refractivity contribution in [1.29, 1.82) is 0 Å². The van der Waals surface area contributed by atoms with E-state index in [0.717, 1.165) is 12.1 Å². The van der Waals surface area contributed by atoms with E-state index in [9.17, 15) is 13.0 Å². The van der Waals surface area contributed by atoms with E-state index in [0.29, 0.717) is 6.42 Å². The first-order chi connectivity index (χ1) is 7.57. The van der Waals surface area contributed by atoms with Crippen LogP contribution in [0, 0.1) is 11.6 Å². The van der Waals surface area contributed by atoms with Crippen LogP contribution in [-0.2, 0) is 25.3 Å². The third kappa shape index (κ3) is 1.88. The van der Waals surface area contributed by atoms with E-state index in [1.807, 2.05) is 0 Å². The summed E-state index contributed by atoms with van der Waals surface area (Å²) in [6, 6.07) is 3.21. The summed E-state index contributed by atoms with van der Waals surface area (Å²) < 4.78 is 47.3. The van der Waals surface area contributed by atoms with Crippen LogP contribution < -0.4 is 0 Å². The van der Waals surface area contributed by atoms with Crippen molar-refractivity contribution in [2.45, 2.75) is 18.9 Å². The Morgan fingerprint density at radius 1 is 1.50 bits per heavy atom. The summed E-state index contributed by atoms with van der Waals surface area (Å²) >= 11 is -1.87. The molecule has 1 aliphatic heterocycles. The van der Waals surface area contributed by atoms with Gasteiger partial charge in [-0.1, -0.05) is 13.0 Å². The van der Waals surface area contributed by atoms with Crippen molar-refractivity contribution in [2.75, 3.05) is 6.61 Å². The Morgan fingerprint density at radius 2 is 2.25 bits per heavy atom. The Labute approximate surface area is 94.2 Å². The average molecular weight is 248 g/mol. The molecule has 1 fully saturated rings. The molecule has 88 valence electrons. The average Bonchev–Trinajstić information content (AvgIpc) is 2.61. The van der Waals surface area contributed by atoms with E-state index in [1.165, 1.54) is 6.07 Å². The van der Waals surface area contributed by atoms with Crippen molar-refractivity contribution in [3.63, 3.8) is 0 Å². The van der Waals surface area contributed by atoms with E-state index in [4.69, 9.17) is 8.37 Å². The van der Waals surface area contributed by atoms with Gasteiger partial charge < -0.3 is 0 Å². The topological polar surface area (TPSA) is 35.5 Å². The Bertz CT molecular complexity index is 438. The fraction of sp³-hybridized carbons (Fsp3) is 0.400. The van der Waals surface area contributed by atoms with Gasteiger partial charge in [0.05, 0.1) is 0 Å². The Kier molecular flexibility index (Phi) is 3.05. The Hall–Kier alpha value is -0.850. The molecule has 1 saturated heterocycles. The van der Waals surface area contributed by atoms with Crippen LogP contribution >= 0.6 is 0 Å². The van der Waals surface area contributed by atoms with Gasteiger partial charge >= 0.3 is 11.4 Å². The van der Waals surface area contributed by atoms with Gasteiger partial charge in [0.2, 0.25) is 0 Å². The molecule has 3 nitrogen and oxygen atoms in total. The van der Waals surface area contributed by atoms with E-state index < -0.39 is 28.6 Å². The van der Waals surface area contributed by atoms with Gasteiger partial charge in [-0.2, -0.15) is 4.21 Å². The zero-order valence-corrected chi connectivity index (χ0v) is 9.35. The Balaban J connectivity index is 2.45. The molecular weight excluding hydrogens is 238 g/mol. The maximum absolute atomic E-state index is 13.6. The third-order valence-corrected chi connectivity index (χ3v) is 3.37. The van der Waals surface area contributed by atoms with Gasteiger partial charge in [0.1, 0.15) is 23.8 Å². The predicted molar refractivity (Wildman–Crippen MR) is 53.5 cm³/mol. The van der Waals surface area contributed by atoms with Crippen molar-refractivity contribution < 1.29 is 21.4 Å². The van der Waals surface area contributed by atoms with Crippen LogP contribution in [0.1, 0.15) is 18.9 Å². The molecule has 0 radical (unpaired) electrons. The van der Waals surface area contributed by atoms with Crippen molar-refractivity contribution in [1.82, 2.24) is 0 Å². The summed E-state index contributed by atoms with van der Waals surface area (Å²) in [6.45, 7) is 1.76. The van der Waals surface area contributed by atoms with Gasteiger partial charge in [-0.05, 0) is 12.5 Å². The lowest BCUT2D eigenvalue weighted by molar-refractivity contribution is 0.0869. The first-order valence-electron chi connectivity index (χ1n) is 4.77. The molecular formula is C10H10F2O3S. The fourth-order valence-electron chi connectivity index (χ4n) is 1.65. The molecule has 16 heavy (non-hydrogen) atoms. The highest BCUT2D eigenvalue weighted by Crippen LogP contribution is 2.37. The molecule has 1 aromatic rings. The summed E-state index contributed by atoms with van der Waals surface area (Å²) in [4.78, 5) is 0. The highest BCUT2D eigenvalue weighted by atomic mass is 32.2. The van der Waals surface area contributed by atoms with Crippen molar-refractivity contribution in [3.8, 4) is 0 Å². The van der Waals surface area contributed by atoms with Crippen LogP contribution in [0.2, 0.25) is 0 Å². The molecule has 0 aromatic heterocycles. The normalized spacial score (nSPS) is 29.6. The van der Waals surface area contributed by atoms with Gasteiger partial charge in [0.15, 0.2) is 0 Å². The van der Waals surface area contributed by atoms with Gasteiger partial charge in [-0.15, -0.1) is 0 Å². The lowest BCUT2D eigenvalue weighted by atomic mass is 9.91. The summed E-state index contributed by atoms with van der Waals surface area (Å²) in [5.74, 6) is -1.38. The minimum absolute atomic E-state index is 0.00133. The third-order valence-electron chi connectivity index (χ3n) is 2.61.